The number of hydrogen-bond donors (Lipinski definition) is 0. The minimum absolute atomic E-state index is 0.00463. The molecule has 0 amide bonds. The number of rotatable bonds is 2. The molecule has 1 saturated carbocycles. The molecule has 0 unspecified atom stereocenters. The number of ether oxygens (including phenoxy) is 1. The Morgan fingerprint density at radius 3 is 2.17 bits per heavy atom. The maximum atomic E-state index is 11.6. The standard InChI is InChI=1S/C10H18O2/c1-8(2)10(9(11)12-3)6-4-5-7-10/h8H,4-7H2,1-3H3. The lowest BCUT2D eigenvalue weighted by Crippen LogP contribution is -2.34. The maximum Gasteiger partial charge on any atom is 0.312 e. The SMILES string of the molecule is COC(=O)C1(C(C)C)CCCC1. The minimum atomic E-state index is -0.158. The van der Waals surface area contributed by atoms with E-state index in [1.165, 1.54) is 20.0 Å². The molecule has 1 fully saturated rings. The van der Waals surface area contributed by atoms with Gasteiger partial charge in [0.15, 0.2) is 0 Å². The molecule has 0 atom stereocenters. The zero-order valence-corrected chi connectivity index (χ0v) is 8.22. The van der Waals surface area contributed by atoms with Gasteiger partial charge in [0.1, 0.15) is 0 Å². The van der Waals surface area contributed by atoms with Crippen LogP contribution in [0.2, 0.25) is 0 Å². The van der Waals surface area contributed by atoms with Gasteiger partial charge in [-0.25, -0.2) is 0 Å². The monoisotopic (exact) mass is 170 g/mol. The van der Waals surface area contributed by atoms with E-state index < -0.39 is 0 Å². The molecule has 0 aromatic heterocycles. The van der Waals surface area contributed by atoms with Gasteiger partial charge in [-0.15, -0.1) is 0 Å². The number of esters is 1. The second kappa shape index (κ2) is 3.46. The summed E-state index contributed by atoms with van der Waals surface area (Å²) in [5.41, 5.74) is -0.158. The van der Waals surface area contributed by atoms with Crippen LogP contribution in [0.1, 0.15) is 39.5 Å². The molecule has 1 aliphatic carbocycles. The van der Waals surface area contributed by atoms with Crippen LogP contribution in [-0.4, -0.2) is 13.1 Å². The highest BCUT2D eigenvalue weighted by atomic mass is 16.5. The molecule has 12 heavy (non-hydrogen) atoms. The summed E-state index contributed by atoms with van der Waals surface area (Å²) in [6.45, 7) is 4.23. The van der Waals surface area contributed by atoms with Crippen LogP contribution in [0.25, 0.3) is 0 Å². The summed E-state index contributed by atoms with van der Waals surface area (Å²) >= 11 is 0. The van der Waals surface area contributed by atoms with Gasteiger partial charge < -0.3 is 4.74 Å². The highest BCUT2D eigenvalue weighted by Gasteiger charge is 2.44. The van der Waals surface area contributed by atoms with Gasteiger partial charge in [0.2, 0.25) is 0 Å². The van der Waals surface area contributed by atoms with Crippen LogP contribution in [0.4, 0.5) is 0 Å². The molecule has 1 rings (SSSR count). The number of hydrogen-bond acceptors (Lipinski definition) is 2. The molecule has 70 valence electrons. The van der Waals surface area contributed by atoms with E-state index >= 15 is 0 Å². The van der Waals surface area contributed by atoms with E-state index in [9.17, 15) is 4.79 Å². The lowest BCUT2D eigenvalue weighted by Gasteiger charge is -2.29. The minimum Gasteiger partial charge on any atom is -0.469 e. The van der Waals surface area contributed by atoms with E-state index in [0.717, 1.165) is 12.8 Å². The zero-order chi connectivity index (χ0) is 9.19. The van der Waals surface area contributed by atoms with Crippen molar-refractivity contribution >= 4 is 5.97 Å². The summed E-state index contributed by atoms with van der Waals surface area (Å²) in [4.78, 5) is 11.6. The first-order valence-electron chi connectivity index (χ1n) is 4.72. The second-order valence-corrected chi connectivity index (χ2v) is 4.01. The fourth-order valence-corrected chi connectivity index (χ4v) is 2.23. The highest BCUT2D eigenvalue weighted by molar-refractivity contribution is 5.77. The molecule has 0 aromatic rings. The van der Waals surface area contributed by atoms with Crippen LogP contribution in [0.15, 0.2) is 0 Å². The summed E-state index contributed by atoms with van der Waals surface area (Å²) in [6.07, 6.45) is 4.37. The predicted octanol–water partition coefficient (Wildman–Crippen LogP) is 2.38. The molecule has 0 saturated heterocycles. The Bertz CT molecular complexity index is 167. The fraction of sp³-hybridized carbons (Fsp3) is 0.900. The summed E-state index contributed by atoms with van der Waals surface area (Å²) in [5.74, 6) is 0.405. The van der Waals surface area contributed by atoms with Gasteiger partial charge in [-0.05, 0) is 18.8 Å². The molecule has 0 bridgehead atoms. The Kier molecular flexibility index (Phi) is 2.76. The van der Waals surface area contributed by atoms with E-state index in [4.69, 9.17) is 4.74 Å². The number of carbonyl (C=O) groups is 1. The topological polar surface area (TPSA) is 26.3 Å². The van der Waals surface area contributed by atoms with E-state index in [1.807, 2.05) is 0 Å². The molecule has 2 nitrogen and oxygen atoms in total. The zero-order valence-electron chi connectivity index (χ0n) is 8.22. The van der Waals surface area contributed by atoms with E-state index in [1.54, 1.807) is 0 Å². The normalized spacial score (nSPS) is 21.3. The number of methoxy groups -OCH3 is 1. The first-order valence-corrected chi connectivity index (χ1v) is 4.72. The summed E-state index contributed by atoms with van der Waals surface area (Å²) < 4.78 is 4.86. The van der Waals surface area contributed by atoms with Crippen LogP contribution in [0, 0.1) is 11.3 Å². The van der Waals surface area contributed by atoms with Crippen molar-refractivity contribution in [2.24, 2.45) is 11.3 Å². The van der Waals surface area contributed by atoms with E-state index in [0.29, 0.717) is 5.92 Å². The first-order chi connectivity index (χ1) is 5.63. The van der Waals surface area contributed by atoms with Crippen molar-refractivity contribution in [2.45, 2.75) is 39.5 Å². The smallest absolute Gasteiger partial charge is 0.312 e. The molecule has 1 aliphatic rings. The summed E-state index contributed by atoms with van der Waals surface area (Å²) in [7, 11) is 1.49. The fourth-order valence-electron chi connectivity index (χ4n) is 2.23. The van der Waals surface area contributed by atoms with Crippen molar-refractivity contribution in [3.05, 3.63) is 0 Å². The predicted molar refractivity (Wildman–Crippen MR) is 47.8 cm³/mol. The molecular formula is C10H18O2. The third-order valence-electron chi connectivity index (χ3n) is 3.19. The quantitative estimate of drug-likeness (QED) is 0.595. The Labute approximate surface area is 74.3 Å². The van der Waals surface area contributed by atoms with Gasteiger partial charge in [0, 0.05) is 0 Å². The van der Waals surface area contributed by atoms with Crippen LogP contribution < -0.4 is 0 Å². The van der Waals surface area contributed by atoms with Crippen LogP contribution >= 0.6 is 0 Å². The molecule has 0 radical (unpaired) electrons. The lowest BCUT2D eigenvalue weighted by atomic mass is 9.76. The van der Waals surface area contributed by atoms with Crippen molar-refractivity contribution in [1.29, 1.82) is 0 Å². The molecular weight excluding hydrogens is 152 g/mol. The molecule has 0 aliphatic heterocycles. The molecule has 0 spiro atoms. The molecule has 0 N–H and O–H groups in total. The van der Waals surface area contributed by atoms with Crippen molar-refractivity contribution < 1.29 is 9.53 Å². The van der Waals surface area contributed by atoms with Gasteiger partial charge in [0.05, 0.1) is 12.5 Å². The molecule has 0 heterocycles. The molecule has 2 heteroatoms. The van der Waals surface area contributed by atoms with Crippen molar-refractivity contribution in [3.63, 3.8) is 0 Å². The average molecular weight is 170 g/mol. The Morgan fingerprint density at radius 2 is 1.83 bits per heavy atom. The maximum absolute atomic E-state index is 11.6. The largest absolute Gasteiger partial charge is 0.469 e. The van der Waals surface area contributed by atoms with Crippen LogP contribution in [-0.2, 0) is 9.53 Å². The Balaban J connectivity index is 2.78. The third-order valence-corrected chi connectivity index (χ3v) is 3.19. The van der Waals surface area contributed by atoms with Gasteiger partial charge in [0.25, 0.3) is 0 Å². The summed E-state index contributed by atoms with van der Waals surface area (Å²) in [5, 5.41) is 0. The third kappa shape index (κ3) is 1.35. The average Bonchev–Trinajstić information content (AvgIpc) is 2.52. The van der Waals surface area contributed by atoms with Crippen molar-refractivity contribution in [2.75, 3.05) is 7.11 Å². The van der Waals surface area contributed by atoms with Crippen molar-refractivity contribution in [1.82, 2.24) is 0 Å². The van der Waals surface area contributed by atoms with Gasteiger partial charge in [-0.2, -0.15) is 0 Å². The lowest BCUT2D eigenvalue weighted by molar-refractivity contribution is -0.155. The molecule has 0 aromatic carbocycles. The van der Waals surface area contributed by atoms with Crippen molar-refractivity contribution in [3.8, 4) is 0 Å². The van der Waals surface area contributed by atoms with E-state index in [-0.39, 0.29) is 11.4 Å². The Morgan fingerprint density at radius 1 is 1.33 bits per heavy atom. The van der Waals surface area contributed by atoms with Gasteiger partial charge >= 0.3 is 5.97 Å². The van der Waals surface area contributed by atoms with E-state index in [2.05, 4.69) is 13.8 Å². The Hall–Kier alpha value is -0.530. The first kappa shape index (κ1) is 9.56. The van der Waals surface area contributed by atoms with Gasteiger partial charge in [-0.3, -0.25) is 4.79 Å². The van der Waals surface area contributed by atoms with Crippen LogP contribution in [0.3, 0.4) is 0 Å². The number of carbonyl (C=O) groups excluding carboxylic acids is 1. The van der Waals surface area contributed by atoms with Crippen LogP contribution in [0.5, 0.6) is 0 Å². The highest BCUT2D eigenvalue weighted by Crippen LogP contribution is 2.44. The summed E-state index contributed by atoms with van der Waals surface area (Å²) in [6, 6.07) is 0. The second-order valence-electron chi connectivity index (χ2n) is 4.01. The van der Waals surface area contributed by atoms with Gasteiger partial charge in [-0.1, -0.05) is 26.7 Å².